The van der Waals surface area contributed by atoms with E-state index in [2.05, 4.69) is 38.7 Å². The zero-order chi connectivity index (χ0) is 28.6. The van der Waals surface area contributed by atoms with Crippen molar-refractivity contribution >= 4 is 0 Å². The first kappa shape index (κ1) is 27.1. The number of rotatable bonds is 7. The molecule has 4 unspecified atom stereocenters. The maximum absolute atomic E-state index is 14.3. The van der Waals surface area contributed by atoms with Crippen molar-refractivity contribution in [1.82, 2.24) is 30.7 Å². The molecule has 1 aliphatic carbocycles. The number of pyridine rings is 1. The number of H-pyrrole nitrogens is 1. The van der Waals surface area contributed by atoms with Gasteiger partial charge >= 0.3 is 0 Å². The van der Waals surface area contributed by atoms with Crippen LogP contribution < -0.4 is 15.6 Å². The highest BCUT2D eigenvalue weighted by Gasteiger charge is 2.43. The van der Waals surface area contributed by atoms with Crippen molar-refractivity contribution in [3.63, 3.8) is 0 Å². The number of benzene rings is 2. The molecule has 1 saturated carbocycles. The van der Waals surface area contributed by atoms with Gasteiger partial charge in [-0.25, -0.2) is 19.8 Å². The van der Waals surface area contributed by atoms with Gasteiger partial charge in [0.1, 0.15) is 11.6 Å². The number of aryl methyl sites for hydroxylation is 1. The van der Waals surface area contributed by atoms with Crippen LogP contribution in [0.15, 0.2) is 60.8 Å². The third kappa shape index (κ3) is 5.40. The molecule has 42 heavy (non-hydrogen) atoms. The highest BCUT2D eigenvalue weighted by Crippen LogP contribution is 2.44. The fraction of sp³-hybridized carbons (Fsp3) is 0.394. The van der Waals surface area contributed by atoms with E-state index in [-0.39, 0.29) is 23.8 Å². The highest BCUT2D eigenvalue weighted by molar-refractivity contribution is 5.39. The Morgan fingerprint density at radius 1 is 1.10 bits per heavy atom. The summed E-state index contributed by atoms with van der Waals surface area (Å²) in [6, 6.07) is 17.3. The van der Waals surface area contributed by atoms with Crippen molar-refractivity contribution in [2.45, 2.75) is 70.1 Å². The molecule has 0 radical (unpaired) electrons. The summed E-state index contributed by atoms with van der Waals surface area (Å²) in [5.41, 5.74) is 12.6. The first-order valence-electron chi connectivity index (χ1n) is 15.0. The van der Waals surface area contributed by atoms with Gasteiger partial charge in [-0.15, -0.1) is 0 Å². The van der Waals surface area contributed by atoms with Gasteiger partial charge in [0.05, 0.1) is 17.4 Å². The van der Waals surface area contributed by atoms with Gasteiger partial charge in [0.2, 0.25) is 5.88 Å². The first-order valence-corrected chi connectivity index (χ1v) is 15.0. The summed E-state index contributed by atoms with van der Waals surface area (Å²) < 4.78 is 20.1. The zero-order valence-electron chi connectivity index (χ0n) is 23.8. The average molecular weight is 569 g/mol. The number of aromatic hydroxyl groups is 1. The van der Waals surface area contributed by atoms with Crippen molar-refractivity contribution in [3.05, 3.63) is 101 Å². The monoisotopic (exact) mass is 568 g/mol. The minimum absolute atomic E-state index is 0.124. The quantitative estimate of drug-likeness (QED) is 0.228. The van der Waals surface area contributed by atoms with Gasteiger partial charge in [-0.2, -0.15) is 0 Å². The van der Waals surface area contributed by atoms with Crippen LogP contribution in [0.5, 0.6) is 17.4 Å². The summed E-state index contributed by atoms with van der Waals surface area (Å²) in [7, 11) is 0. The Bertz CT molecular complexity index is 1540. The van der Waals surface area contributed by atoms with Crippen LogP contribution in [0.4, 0.5) is 4.39 Å². The molecule has 2 aromatic carbocycles. The molecule has 7 rings (SSSR count). The minimum Gasteiger partial charge on any atom is -0.505 e. The number of imidazole rings is 1. The SMILES string of the molecule is CCc1cc(O)c(F)cc1C1CCC2C(C1)NNC2c1nc2c([nH]1)CN(Cc1ccc(Oc3ccccc3)nc1)CC2. The van der Waals surface area contributed by atoms with Crippen LogP contribution in [0.25, 0.3) is 0 Å². The Morgan fingerprint density at radius 2 is 1.98 bits per heavy atom. The summed E-state index contributed by atoms with van der Waals surface area (Å²) in [4.78, 5) is 15.7. The molecule has 4 aromatic rings. The topological polar surface area (TPSA) is 98.3 Å². The van der Waals surface area contributed by atoms with Crippen LogP contribution in [0, 0.1) is 11.7 Å². The molecule has 3 aliphatic rings. The third-order valence-corrected chi connectivity index (χ3v) is 9.18. The lowest BCUT2D eigenvalue weighted by Gasteiger charge is -2.33. The van der Waals surface area contributed by atoms with E-state index >= 15 is 0 Å². The molecule has 2 aliphatic heterocycles. The van der Waals surface area contributed by atoms with Crippen molar-refractivity contribution in [3.8, 4) is 17.4 Å². The summed E-state index contributed by atoms with van der Waals surface area (Å²) in [6.07, 6.45) is 6.55. The molecule has 0 bridgehead atoms. The molecule has 4 N–H and O–H groups in total. The van der Waals surface area contributed by atoms with Gasteiger partial charge in [-0.05, 0) is 78.5 Å². The van der Waals surface area contributed by atoms with E-state index in [1.165, 1.54) is 5.69 Å². The predicted molar refractivity (Wildman–Crippen MR) is 157 cm³/mol. The molecule has 218 valence electrons. The Kier molecular flexibility index (Phi) is 7.39. The largest absolute Gasteiger partial charge is 0.505 e. The Morgan fingerprint density at radius 3 is 2.79 bits per heavy atom. The lowest BCUT2D eigenvalue weighted by atomic mass is 9.73. The number of hydrogen-bond donors (Lipinski definition) is 4. The normalized spacial score (nSPS) is 23.9. The molecule has 8 nitrogen and oxygen atoms in total. The molecule has 2 fully saturated rings. The number of ether oxygens (including phenoxy) is 1. The number of hydrogen-bond acceptors (Lipinski definition) is 7. The Hall–Kier alpha value is -3.79. The molecule has 1 saturated heterocycles. The van der Waals surface area contributed by atoms with Crippen LogP contribution in [0.2, 0.25) is 0 Å². The highest BCUT2D eigenvalue weighted by atomic mass is 19.1. The van der Waals surface area contributed by atoms with Crippen LogP contribution >= 0.6 is 0 Å². The molecular weight excluding hydrogens is 531 g/mol. The van der Waals surface area contributed by atoms with Gasteiger partial charge in [-0.1, -0.05) is 31.2 Å². The maximum atomic E-state index is 14.3. The molecule has 4 atom stereocenters. The number of nitrogens with zero attached hydrogens (tertiary/aromatic N) is 3. The number of halogens is 1. The van der Waals surface area contributed by atoms with Gasteiger partial charge in [0.15, 0.2) is 11.6 Å². The van der Waals surface area contributed by atoms with Crippen LogP contribution in [0.1, 0.15) is 72.0 Å². The average Bonchev–Trinajstić information content (AvgIpc) is 3.63. The molecular formula is C33H37FN6O2. The van der Waals surface area contributed by atoms with Crippen LogP contribution in [-0.2, 0) is 25.9 Å². The Balaban J connectivity index is 0.978. The maximum Gasteiger partial charge on any atom is 0.219 e. The first-order chi connectivity index (χ1) is 20.5. The summed E-state index contributed by atoms with van der Waals surface area (Å²) in [5, 5.41) is 9.86. The number of aromatic amines is 1. The third-order valence-electron chi connectivity index (χ3n) is 9.18. The van der Waals surface area contributed by atoms with Crippen LogP contribution in [0.3, 0.4) is 0 Å². The van der Waals surface area contributed by atoms with E-state index in [1.54, 1.807) is 12.1 Å². The fourth-order valence-electron chi connectivity index (χ4n) is 7.01. The van der Waals surface area contributed by atoms with E-state index in [9.17, 15) is 9.50 Å². The van der Waals surface area contributed by atoms with E-state index < -0.39 is 5.82 Å². The number of nitrogens with one attached hydrogen (secondary N) is 3. The van der Waals surface area contributed by atoms with Crippen molar-refractivity contribution in [1.29, 1.82) is 0 Å². The van der Waals surface area contributed by atoms with Crippen molar-refractivity contribution in [2.24, 2.45) is 5.92 Å². The Labute approximate surface area is 245 Å². The van der Waals surface area contributed by atoms with E-state index in [0.717, 1.165) is 85.7 Å². The fourth-order valence-corrected chi connectivity index (χ4v) is 7.01. The van der Waals surface area contributed by atoms with E-state index in [4.69, 9.17) is 9.72 Å². The van der Waals surface area contributed by atoms with Gasteiger partial charge in [-0.3, -0.25) is 10.3 Å². The van der Waals surface area contributed by atoms with Gasteiger partial charge < -0.3 is 14.8 Å². The zero-order valence-corrected chi connectivity index (χ0v) is 23.8. The van der Waals surface area contributed by atoms with Gasteiger partial charge in [0, 0.05) is 44.4 Å². The van der Waals surface area contributed by atoms with Gasteiger partial charge in [0.25, 0.3) is 0 Å². The van der Waals surface area contributed by atoms with Crippen LogP contribution in [-0.4, -0.2) is 37.5 Å². The lowest BCUT2D eigenvalue weighted by molar-refractivity contribution is 0.241. The molecule has 2 aromatic heterocycles. The number of phenolic OH excluding ortho intramolecular Hbond substituents is 1. The number of fused-ring (bicyclic) bond motifs is 2. The second kappa shape index (κ2) is 11.5. The minimum atomic E-state index is -0.528. The lowest BCUT2D eigenvalue weighted by Crippen LogP contribution is -2.35. The number of hydrazine groups is 1. The number of phenols is 1. The van der Waals surface area contributed by atoms with Crippen molar-refractivity contribution < 1.29 is 14.2 Å². The van der Waals surface area contributed by atoms with E-state index in [1.807, 2.05) is 42.6 Å². The number of aromatic nitrogens is 3. The van der Waals surface area contributed by atoms with E-state index in [0.29, 0.717) is 11.8 Å². The summed E-state index contributed by atoms with van der Waals surface area (Å²) >= 11 is 0. The molecule has 9 heteroatoms. The molecule has 0 spiro atoms. The number of para-hydroxylation sites is 1. The second-order valence-electron chi connectivity index (χ2n) is 11.8. The molecule has 4 heterocycles. The standard InChI is InChI=1S/C33H37FN6O2/c1-2-21-15-30(41)26(34)16-25(21)22-9-10-24-28(14-22)38-39-32(24)33-36-27-12-13-40(19-29(27)37-33)18-20-8-11-31(35-17-20)42-23-6-4-3-5-7-23/h3-8,11,15-17,22,24,28,32,38-39,41H,2,9-10,12-14,18-19H2,1H3,(H,36,37). The van der Waals surface area contributed by atoms with Crippen molar-refractivity contribution in [2.75, 3.05) is 6.54 Å². The second-order valence-corrected chi connectivity index (χ2v) is 11.8. The predicted octanol–water partition coefficient (Wildman–Crippen LogP) is 5.66. The summed E-state index contributed by atoms with van der Waals surface area (Å²) in [5.74, 6) is 2.29. The smallest absolute Gasteiger partial charge is 0.219 e. The molecule has 0 amide bonds. The summed E-state index contributed by atoms with van der Waals surface area (Å²) in [6.45, 7) is 4.65.